The first kappa shape index (κ1) is 13.7. The van der Waals surface area contributed by atoms with Gasteiger partial charge in [-0.3, -0.25) is 4.79 Å². The Morgan fingerprint density at radius 2 is 1.80 bits per heavy atom. The van der Waals surface area contributed by atoms with E-state index in [1.54, 1.807) is 7.11 Å². The summed E-state index contributed by atoms with van der Waals surface area (Å²) in [5.41, 5.74) is 0.772. The maximum Gasteiger partial charge on any atom is 0.169 e. The molecule has 0 heterocycles. The van der Waals surface area contributed by atoms with Crippen molar-refractivity contribution < 1.29 is 9.53 Å². The van der Waals surface area contributed by atoms with Crippen molar-refractivity contribution in [3.05, 3.63) is 29.8 Å². The topological polar surface area (TPSA) is 26.3 Å². The number of ether oxygens (including phenoxy) is 1. The molecule has 1 aromatic carbocycles. The third-order valence-electron chi connectivity index (χ3n) is 5.28. The van der Waals surface area contributed by atoms with Gasteiger partial charge in [-0.15, -0.1) is 0 Å². The Kier molecular flexibility index (Phi) is 4.09. The van der Waals surface area contributed by atoms with Gasteiger partial charge in [0.25, 0.3) is 0 Å². The van der Waals surface area contributed by atoms with E-state index in [0.717, 1.165) is 36.0 Å². The predicted molar refractivity (Wildman–Crippen MR) is 80.1 cm³/mol. The zero-order chi connectivity index (χ0) is 13.9. The van der Waals surface area contributed by atoms with Crippen molar-refractivity contribution in [1.29, 1.82) is 0 Å². The monoisotopic (exact) mass is 272 g/mol. The van der Waals surface area contributed by atoms with Crippen LogP contribution in [0, 0.1) is 17.8 Å². The van der Waals surface area contributed by atoms with Gasteiger partial charge < -0.3 is 4.74 Å². The fourth-order valence-corrected chi connectivity index (χ4v) is 4.18. The lowest BCUT2D eigenvalue weighted by molar-refractivity contribution is 0.0760. The van der Waals surface area contributed by atoms with Crippen molar-refractivity contribution in [2.24, 2.45) is 17.8 Å². The van der Waals surface area contributed by atoms with E-state index in [-0.39, 0.29) is 5.92 Å². The van der Waals surface area contributed by atoms with Crippen LogP contribution in [0.1, 0.15) is 55.3 Å². The van der Waals surface area contributed by atoms with Crippen molar-refractivity contribution in [3.8, 4) is 5.75 Å². The number of benzene rings is 1. The zero-order valence-electron chi connectivity index (χ0n) is 12.3. The summed E-state index contributed by atoms with van der Waals surface area (Å²) in [4.78, 5) is 12.8. The molecule has 3 atom stereocenters. The van der Waals surface area contributed by atoms with Gasteiger partial charge in [0.15, 0.2) is 5.78 Å². The van der Waals surface area contributed by atoms with Crippen LogP contribution >= 0.6 is 0 Å². The van der Waals surface area contributed by atoms with Gasteiger partial charge in [-0.2, -0.15) is 0 Å². The Morgan fingerprint density at radius 3 is 2.60 bits per heavy atom. The van der Waals surface area contributed by atoms with Crippen LogP contribution in [0.5, 0.6) is 5.75 Å². The molecule has 20 heavy (non-hydrogen) atoms. The maximum absolute atomic E-state index is 12.8. The smallest absolute Gasteiger partial charge is 0.169 e. The predicted octanol–water partition coefficient (Wildman–Crippen LogP) is 4.48. The molecule has 0 amide bonds. The third kappa shape index (κ3) is 2.61. The maximum atomic E-state index is 12.8. The fraction of sp³-hybridized carbons (Fsp3) is 0.611. The van der Waals surface area contributed by atoms with Gasteiger partial charge >= 0.3 is 0 Å². The van der Waals surface area contributed by atoms with Crippen molar-refractivity contribution >= 4 is 5.78 Å². The number of hydrogen-bond acceptors (Lipinski definition) is 2. The molecule has 2 saturated carbocycles. The van der Waals surface area contributed by atoms with Gasteiger partial charge in [0.1, 0.15) is 5.75 Å². The molecular weight excluding hydrogens is 248 g/mol. The molecule has 0 spiro atoms. The summed E-state index contributed by atoms with van der Waals surface area (Å²) < 4.78 is 5.34. The minimum atomic E-state index is 0.214. The molecule has 2 fully saturated rings. The van der Waals surface area contributed by atoms with Crippen LogP contribution in [0.4, 0.5) is 0 Å². The van der Waals surface area contributed by atoms with Gasteiger partial charge in [-0.25, -0.2) is 0 Å². The van der Waals surface area contributed by atoms with Crippen LogP contribution in [0.15, 0.2) is 24.3 Å². The first-order valence-corrected chi connectivity index (χ1v) is 7.97. The van der Waals surface area contributed by atoms with Gasteiger partial charge in [0, 0.05) is 5.92 Å². The molecule has 2 aliphatic carbocycles. The lowest BCUT2D eigenvalue weighted by atomic mass is 9.66. The van der Waals surface area contributed by atoms with Gasteiger partial charge in [-0.1, -0.05) is 37.8 Å². The summed E-state index contributed by atoms with van der Waals surface area (Å²) in [6, 6.07) is 7.66. The summed E-state index contributed by atoms with van der Waals surface area (Å²) in [5.74, 6) is 2.92. The molecule has 0 radical (unpaired) electrons. The minimum Gasteiger partial charge on any atom is -0.496 e. The highest BCUT2D eigenvalue weighted by atomic mass is 16.5. The van der Waals surface area contributed by atoms with Gasteiger partial charge in [-0.05, 0) is 43.2 Å². The Bertz CT molecular complexity index is 480. The minimum absolute atomic E-state index is 0.214. The summed E-state index contributed by atoms with van der Waals surface area (Å²) in [5, 5.41) is 0. The van der Waals surface area contributed by atoms with Crippen molar-refractivity contribution in [1.82, 2.24) is 0 Å². The van der Waals surface area contributed by atoms with Crippen molar-refractivity contribution in [3.63, 3.8) is 0 Å². The Hall–Kier alpha value is -1.31. The second kappa shape index (κ2) is 5.99. The number of carbonyl (C=O) groups is 1. The molecule has 2 nitrogen and oxygen atoms in total. The van der Waals surface area contributed by atoms with Crippen LogP contribution in [0.3, 0.4) is 0 Å². The summed E-state index contributed by atoms with van der Waals surface area (Å²) >= 11 is 0. The second-order valence-corrected chi connectivity index (χ2v) is 6.38. The molecule has 0 saturated heterocycles. The van der Waals surface area contributed by atoms with E-state index in [1.165, 1.54) is 32.1 Å². The first-order chi connectivity index (χ1) is 9.79. The number of methoxy groups -OCH3 is 1. The number of hydrogen-bond donors (Lipinski definition) is 0. The summed E-state index contributed by atoms with van der Waals surface area (Å²) in [6.45, 7) is 0. The molecule has 0 aromatic heterocycles. The molecule has 3 unspecified atom stereocenters. The van der Waals surface area contributed by atoms with Crippen LogP contribution in [0.2, 0.25) is 0 Å². The van der Waals surface area contributed by atoms with E-state index >= 15 is 0 Å². The molecule has 108 valence electrons. The Balaban J connectivity index is 1.74. The largest absolute Gasteiger partial charge is 0.496 e. The SMILES string of the molecule is COc1ccccc1C(=O)C1CCC2CCCCC2C1. The summed E-state index contributed by atoms with van der Waals surface area (Å²) in [7, 11) is 1.64. The normalized spacial score (nSPS) is 29.6. The van der Waals surface area contributed by atoms with E-state index in [4.69, 9.17) is 4.74 Å². The molecule has 1 aromatic rings. The average Bonchev–Trinajstić information content (AvgIpc) is 2.53. The second-order valence-electron chi connectivity index (χ2n) is 6.38. The van der Waals surface area contributed by atoms with E-state index < -0.39 is 0 Å². The number of para-hydroxylation sites is 1. The van der Waals surface area contributed by atoms with Crippen LogP contribution in [-0.4, -0.2) is 12.9 Å². The molecule has 0 bridgehead atoms. The average molecular weight is 272 g/mol. The Labute approximate surface area is 121 Å². The van der Waals surface area contributed by atoms with Crippen molar-refractivity contribution in [2.75, 3.05) is 7.11 Å². The molecule has 3 rings (SSSR count). The number of rotatable bonds is 3. The van der Waals surface area contributed by atoms with Crippen LogP contribution in [0.25, 0.3) is 0 Å². The highest BCUT2D eigenvalue weighted by Gasteiger charge is 2.35. The number of Topliss-reactive ketones (excluding diaryl/α,β-unsaturated/α-hetero) is 1. The first-order valence-electron chi connectivity index (χ1n) is 7.97. The van der Waals surface area contributed by atoms with Crippen molar-refractivity contribution in [2.45, 2.75) is 44.9 Å². The molecule has 0 N–H and O–H groups in total. The molecule has 0 aliphatic heterocycles. The van der Waals surface area contributed by atoms with Gasteiger partial charge in [0.2, 0.25) is 0 Å². The Morgan fingerprint density at radius 1 is 1.05 bits per heavy atom. The van der Waals surface area contributed by atoms with Gasteiger partial charge in [0.05, 0.1) is 12.7 Å². The van der Waals surface area contributed by atoms with E-state index in [9.17, 15) is 4.79 Å². The van der Waals surface area contributed by atoms with Crippen LogP contribution in [-0.2, 0) is 0 Å². The number of fused-ring (bicyclic) bond motifs is 1. The highest BCUT2D eigenvalue weighted by Crippen LogP contribution is 2.43. The molecular formula is C18H24O2. The fourth-order valence-electron chi connectivity index (χ4n) is 4.18. The molecule has 2 aliphatic rings. The lowest BCUT2D eigenvalue weighted by Gasteiger charge is -2.38. The lowest BCUT2D eigenvalue weighted by Crippen LogP contribution is -2.31. The number of ketones is 1. The standard InChI is InChI=1S/C18H24O2/c1-20-17-9-5-4-8-16(17)18(19)15-11-10-13-6-2-3-7-14(13)12-15/h4-5,8-9,13-15H,2-3,6-7,10-12H2,1H3. The highest BCUT2D eigenvalue weighted by molar-refractivity contribution is 6.00. The van der Waals surface area contributed by atoms with E-state index in [1.807, 2.05) is 24.3 Å². The van der Waals surface area contributed by atoms with Crippen LogP contribution < -0.4 is 4.74 Å². The quantitative estimate of drug-likeness (QED) is 0.758. The van der Waals surface area contributed by atoms with E-state index in [2.05, 4.69) is 0 Å². The summed E-state index contributed by atoms with van der Waals surface area (Å²) in [6.07, 6.45) is 8.89. The molecule has 2 heteroatoms. The zero-order valence-corrected chi connectivity index (χ0v) is 12.3. The van der Waals surface area contributed by atoms with E-state index in [0.29, 0.717) is 5.78 Å². The number of carbonyl (C=O) groups excluding carboxylic acids is 1. The third-order valence-corrected chi connectivity index (χ3v) is 5.28.